The summed E-state index contributed by atoms with van der Waals surface area (Å²) >= 11 is 0. The summed E-state index contributed by atoms with van der Waals surface area (Å²) in [4.78, 5) is 25.9. The van der Waals surface area contributed by atoms with Crippen LogP contribution in [0.25, 0.3) is 16.7 Å². The second kappa shape index (κ2) is 9.72. The van der Waals surface area contributed by atoms with E-state index in [2.05, 4.69) is 29.0 Å². The standard InChI is InChI=1S/C28H39N7O2/c1-15-11-12-19-14-35-22-24(30-16(2)17-9-6-10-17)32-26(23(29)31-28(36)37)33-25(22)34-27(35)21(20(19)13-15)18-7-4-3-5-8-18/h15-19H,3-14H2,1-2H3,(H2,29,31)(H,36,37)(H,30,32,33)/p+1/t15-,16-,19+/m1/s1. The Bertz CT molecular complexity index is 1250. The predicted octanol–water partition coefficient (Wildman–Crippen LogP) is 3.98. The fraction of sp³-hybridized carbons (Fsp3) is 0.679. The van der Waals surface area contributed by atoms with Crippen LogP contribution in [0.5, 0.6) is 0 Å². The molecule has 0 radical (unpaired) electrons. The van der Waals surface area contributed by atoms with Crippen molar-refractivity contribution in [3.63, 3.8) is 0 Å². The fourth-order valence-electron chi connectivity index (χ4n) is 7.12. The molecular formula is C28H40N7O2+. The summed E-state index contributed by atoms with van der Waals surface area (Å²) in [5.74, 6) is 4.28. The highest BCUT2D eigenvalue weighted by Crippen LogP contribution is 2.48. The third-order valence-electron chi connectivity index (χ3n) is 9.38. The van der Waals surface area contributed by atoms with Crippen LogP contribution in [0, 0.1) is 23.7 Å². The second-order valence-corrected chi connectivity index (χ2v) is 11.9. The van der Waals surface area contributed by atoms with Crippen molar-refractivity contribution in [2.75, 3.05) is 5.32 Å². The largest absolute Gasteiger partial charge is 0.502 e. The average molecular weight is 507 g/mol. The molecule has 4 aliphatic rings. The lowest BCUT2D eigenvalue weighted by Crippen LogP contribution is -2.52. The van der Waals surface area contributed by atoms with Gasteiger partial charge < -0.3 is 15.0 Å². The van der Waals surface area contributed by atoms with Crippen molar-refractivity contribution < 1.29 is 15.3 Å². The first-order valence-electron chi connectivity index (χ1n) is 14.3. The number of aromatic nitrogens is 4. The minimum Gasteiger partial charge on any atom is -0.447 e. The van der Waals surface area contributed by atoms with Gasteiger partial charge in [-0.2, -0.15) is 15.1 Å². The average Bonchev–Trinajstić information content (AvgIpc) is 3.19. The topological polar surface area (TPSA) is 131 Å². The Morgan fingerprint density at radius 3 is 2.51 bits per heavy atom. The van der Waals surface area contributed by atoms with E-state index in [4.69, 9.17) is 20.4 Å². The van der Waals surface area contributed by atoms with Crippen molar-refractivity contribution >= 4 is 34.5 Å². The van der Waals surface area contributed by atoms with E-state index in [0.717, 1.165) is 17.9 Å². The Morgan fingerprint density at radius 2 is 1.81 bits per heavy atom. The third-order valence-corrected chi connectivity index (χ3v) is 9.38. The Morgan fingerprint density at radius 1 is 1.03 bits per heavy atom. The monoisotopic (exact) mass is 506 g/mol. The van der Waals surface area contributed by atoms with Crippen LogP contribution in [0.1, 0.15) is 96.1 Å². The summed E-state index contributed by atoms with van der Waals surface area (Å²) in [5, 5.41) is 21.2. The molecule has 0 aromatic carbocycles. The number of amides is 1. The summed E-state index contributed by atoms with van der Waals surface area (Å²) in [7, 11) is 0. The fourth-order valence-corrected chi connectivity index (χ4v) is 7.12. The van der Waals surface area contributed by atoms with Gasteiger partial charge in [0.25, 0.3) is 0 Å². The lowest BCUT2D eigenvalue weighted by molar-refractivity contribution is -0.117. The first-order valence-corrected chi connectivity index (χ1v) is 14.3. The number of fused-ring (bicyclic) bond motifs is 4. The lowest BCUT2D eigenvalue weighted by atomic mass is 9.70. The lowest BCUT2D eigenvalue weighted by Gasteiger charge is -2.39. The van der Waals surface area contributed by atoms with Crippen LogP contribution in [0.3, 0.4) is 0 Å². The summed E-state index contributed by atoms with van der Waals surface area (Å²) in [6.45, 7) is 5.50. The van der Waals surface area contributed by atoms with Crippen LogP contribution < -0.4 is 16.0 Å². The van der Waals surface area contributed by atoms with E-state index >= 15 is 0 Å². The molecule has 3 atom stereocenters. The number of rotatable bonds is 5. The van der Waals surface area contributed by atoms with Gasteiger partial charge in [-0.25, -0.2) is 9.97 Å². The van der Waals surface area contributed by atoms with Crippen molar-refractivity contribution in [3.05, 3.63) is 17.2 Å². The molecule has 0 bridgehead atoms. The molecule has 3 heterocycles. The molecule has 198 valence electrons. The van der Waals surface area contributed by atoms with Gasteiger partial charge in [0, 0.05) is 12.6 Å². The predicted molar refractivity (Wildman–Crippen MR) is 143 cm³/mol. The third kappa shape index (κ3) is 4.50. The van der Waals surface area contributed by atoms with E-state index in [0.29, 0.717) is 35.1 Å². The van der Waals surface area contributed by atoms with Crippen LogP contribution in [0.15, 0.2) is 5.57 Å². The molecule has 2 aromatic heterocycles. The van der Waals surface area contributed by atoms with Crippen molar-refractivity contribution in [3.8, 4) is 0 Å². The molecule has 3 saturated carbocycles. The van der Waals surface area contributed by atoms with Gasteiger partial charge in [0.05, 0.1) is 0 Å². The molecule has 5 N–H and O–H groups in total. The highest BCUT2D eigenvalue weighted by Gasteiger charge is 2.38. The molecule has 1 aliphatic heterocycles. The maximum absolute atomic E-state index is 11.3. The molecule has 37 heavy (non-hydrogen) atoms. The highest BCUT2D eigenvalue weighted by atomic mass is 16.4. The quantitative estimate of drug-likeness (QED) is 0.358. The van der Waals surface area contributed by atoms with Gasteiger partial charge >= 0.3 is 11.9 Å². The smallest absolute Gasteiger partial charge is 0.447 e. The number of carboxylic acid groups (broad SMARTS) is 1. The Balaban J connectivity index is 1.51. The number of carbonyl (C=O) groups is 1. The van der Waals surface area contributed by atoms with Gasteiger partial charge in [-0.3, -0.25) is 5.41 Å². The van der Waals surface area contributed by atoms with E-state index in [1.54, 1.807) is 5.57 Å². The molecule has 1 amide bonds. The van der Waals surface area contributed by atoms with Crippen LogP contribution in [-0.2, 0) is 6.54 Å². The number of hydrogen-bond acceptors (Lipinski definition) is 5. The van der Waals surface area contributed by atoms with E-state index in [-0.39, 0.29) is 17.7 Å². The molecule has 3 fully saturated rings. The van der Waals surface area contributed by atoms with Gasteiger partial charge in [-0.15, -0.1) is 0 Å². The van der Waals surface area contributed by atoms with Gasteiger partial charge in [-0.05, 0) is 81.1 Å². The maximum Gasteiger partial charge on any atom is 0.502 e. The van der Waals surface area contributed by atoms with E-state index in [1.165, 1.54) is 76.2 Å². The van der Waals surface area contributed by atoms with Crippen molar-refractivity contribution in [1.29, 1.82) is 0 Å². The number of nitrogens with one attached hydrogen (secondary N) is 2. The normalized spacial score (nSPS) is 25.2. The first kappa shape index (κ1) is 24.4. The van der Waals surface area contributed by atoms with Crippen LogP contribution in [0.2, 0.25) is 0 Å². The summed E-state index contributed by atoms with van der Waals surface area (Å²) in [5.41, 5.74) is 4.64. The summed E-state index contributed by atoms with van der Waals surface area (Å²) in [6, 6.07) is 0.252. The molecule has 0 spiro atoms. The Hall–Kier alpha value is -2.97. The molecule has 0 unspecified atom stereocenters. The molecule has 2 aromatic rings. The number of nitrogens with zero attached hydrogens (tertiary/aromatic N) is 4. The number of amidine groups is 1. The van der Waals surface area contributed by atoms with Crippen LogP contribution in [0.4, 0.5) is 10.6 Å². The van der Waals surface area contributed by atoms with Crippen molar-refractivity contribution in [2.24, 2.45) is 23.7 Å². The van der Waals surface area contributed by atoms with Crippen molar-refractivity contribution in [2.45, 2.75) is 97.1 Å². The number of allylic oxidation sites excluding steroid dienone is 2. The Labute approximate surface area is 218 Å². The van der Waals surface area contributed by atoms with Crippen LogP contribution in [-0.4, -0.2) is 42.6 Å². The molecule has 6 rings (SSSR count). The first-order chi connectivity index (χ1) is 17.9. The molecule has 0 saturated heterocycles. The van der Waals surface area contributed by atoms with Gasteiger partial charge in [0.2, 0.25) is 5.82 Å². The number of anilines is 1. The summed E-state index contributed by atoms with van der Waals surface area (Å²) < 4.78 is 2.38. The summed E-state index contributed by atoms with van der Waals surface area (Å²) in [6.07, 6.45) is 12.5. The zero-order valence-corrected chi connectivity index (χ0v) is 22.1. The minimum absolute atomic E-state index is 0.0759. The van der Waals surface area contributed by atoms with E-state index in [9.17, 15) is 9.90 Å². The van der Waals surface area contributed by atoms with Crippen LogP contribution >= 0.6 is 0 Å². The van der Waals surface area contributed by atoms with Gasteiger partial charge in [-0.1, -0.05) is 38.2 Å². The zero-order chi connectivity index (χ0) is 25.7. The second-order valence-electron chi connectivity index (χ2n) is 11.9. The number of nitrogens with two attached hydrogens (primary N) is 1. The SMILES string of the molecule is C[C@@H]1CC[C@H]2Cn3c(nc4nc(C(=[NH2+])NC(=O)O)nc(N[C@H](C)C5CCC5)c43)C(C3CCCCC3)=C2C1. The highest BCUT2D eigenvalue weighted by molar-refractivity contribution is 6.01. The zero-order valence-electron chi connectivity index (χ0n) is 22.1. The van der Waals surface area contributed by atoms with Gasteiger partial charge in [0.15, 0.2) is 11.5 Å². The van der Waals surface area contributed by atoms with E-state index < -0.39 is 6.09 Å². The van der Waals surface area contributed by atoms with E-state index in [1.807, 2.05) is 0 Å². The molecule has 9 nitrogen and oxygen atoms in total. The number of hydrogen-bond donors (Lipinski definition) is 4. The maximum atomic E-state index is 11.3. The van der Waals surface area contributed by atoms with Gasteiger partial charge in [0.1, 0.15) is 11.3 Å². The minimum atomic E-state index is -1.23. The number of imidazole rings is 1. The Kier molecular flexibility index (Phi) is 6.41. The molecule has 3 aliphatic carbocycles. The molecular weight excluding hydrogens is 466 g/mol. The van der Waals surface area contributed by atoms with Crippen molar-refractivity contribution in [1.82, 2.24) is 24.8 Å². The molecule has 9 heteroatoms.